The highest BCUT2D eigenvalue weighted by Gasteiger charge is 2.50. The monoisotopic (exact) mass is 822 g/mol. The first kappa shape index (κ1) is 44.9. The number of aromatic hydroxyl groups is 3. The first-order valence-corrected chi connectivity index (χ1v) is 19.8. The molecule has 16 nitrogen and oxygen atoms in total. The minimum absolute atomic E-state index is 0.0559. The molecule has 1 amide bonds. The molecule has 0 aliphatic carbocycles. The molecule has 4 heterocycles. The van der Waals surface area contributed by atoms with Crippen LogP contribution in [0.3, 0.4) is 0 Å². The van der Waals surface area contributed by atoms with Gasteiger partial charge < -0.3 is 54.7 Å². The number of benzene rings is 2. The van der Waals surface area contributed by atoms with Crippen LogP contribution in [0, 0.1) is 30.6 Å². The first-order chi connectivity index (χ1) is 27.7. The minimum atomic E-state index is -2.04. The molecule has 0 saturated carbocycles. The van der Waals surface area contributed by atoms with E-state index in [1.165, 1.54) is 59.4 Å². The van der Waals surface area contributed by atoms with Gasteiger partial charge in [0.1, 0.15) is 23.4 Å². The minimum Gasteiger partial charge on any atom is -0.507 e. The lowest BCUT2D eigenvalue weighted by molar-refractivity contribution is -0.160. The van der Waals surface area contributed by atoms with Crippen molar-refractivity contribution in [1.29, 1.82) is 0 Å². The summed E-state index contributed by atoms with van der Waals surface area (Å²) in [6, 6.07) is 0. The largest absolute Gasteiger partial charge is 0.507 e. The van der Waals surface area contributed by atoms with E-state index in [2.05, 4.69) is 15.3 Å². The number of carbonyl (C=O) groups is 3. The number of amides is 1. The third-order valence-corrected chi connectivity index (χ3v) is 11.9. The zero-order chi connectivity index (χ0) is 43.7. The number of esters is 1. The summed E-state index contributed by atoms with van der Waals surface area (Å²) >= 11 is 0. The number of methoxy groups -OCH3 is 1. The number of fused-ring (bicyclic) bond motifs is 14. The molecule has 1 saturated heterocycles. The van der Waals surface area contributed by atoms with E-state index in [-0.39, 0.29) is 44.5 Å². The van der Waals surface area contributed by atoms with Gasteiger partial charge >= 0.3 is 11.8 Å². The Morgan fingerprint density at radius 2 is 1.61 bits per heavy atom. The van der Waals surface area contributed by atoms with E-state index < -0.39 is 88.8 Å². The molecule has 59 heavy (non-hydrogen) atoms. The van der Waals surface area contributed by atoms with Crippen molar-refractivity contribution in [3.05, 3.63) is 52.8 Å². The van der Waals surface area contributed by atoms with Crippen molar-refractivity contribution >= 4 is 40.3 Å². The number of nitrogens with zero attached hydrogens (tertiary/aromatic N) is 3. The number of aliphatic hydroxyl groups excluding tert-OH is 2. The Morgan fingerprint density at radius 3 is 2.24 bits per heavy atom. The maximum atomic E-state index is 14.4. The van der Waals surface area contributed by atoms with E-state index in [4.69, 9.17) is 18.9 Å². The van der Waals surface area contributed by atoms with Crippen molar-refractivity contribution in [2.24, 2.45) is 28.8 Å². The van der Waals surface area contributed by atoms with Crippen LogP contribution in [-0.2, 0) is 23.8 Å². The van der Waals surface area contributed by atoms with Crippen LogP contribution in [0.2, 0.25) is 0 Å². The average Bonchev–Trinajstić information content (AvgIpc) is 3.46. The van der Waals surface area contributed by atoms with Crippen molar-refractivity contribution in [2.75, 3.05) is 45.7 Å². The molecule has 4 aliphatic rings. The molecule has 322 valence electrons. The lowest BCUT2D eigenvalue weighted by atomic mass is 9.78. The van der Waals surface area contributed by atoms with Gasteiger partial charge in [-0.25, -0.2) is 0 Å². The smallest absolute Gasteiger partial charge is 0.312 e. The molecule has 6 rings (SSSR count). The van der Waals surface area contributed by atoms with Crippen LogP contribution in [0.25, 0.3) is 10.8 Å². The second kappa shape index (κ2) is 18.0. The second-order valence-corrected chi connectivity index (χ2v) is 16.1. The summed E-state index contributed by atoms with van der Waals surface area (Å²) in [7, 11) is 3.42. The van der Waals surface area contributed by atoms with Gasteiger partial charge in [-0.2, -0.15) is 5.10 Å². The quantitative estimate of drug-likeness (QED) is 0.109. The Hall–Kier alpha value is -5.16. The molecule has 6 N–H and O–H groups in total. The molecule has 0 radical (unpaired) electrons. The highest BCUT2D eigenvalue weighted by molar-refractivity contribution is 6.23. The normalized spacial score (nSPS) is 32.1. The predicted octanol–water partition coefficient (Wildman–Crippen LogP) is 4.34. The Balaban J connectivity index is 1.70. The number of aliphatic hydroxyl groups is 2. The van der Waals surface area contributed by atoms with Crippen molar-refractivity contribution < 1.29 is 58.9 Å². The number of phenolic OH excluding ortho intramolecular Hbond substituents is 3. The van der Waals surface area contributed by atoms with Gasteiger partial charge in [0.05, 0.1) is 53.0 Å². The van der Waals surface area contributed by atoms with Crippen LogP contribution < -0.4 is 10.1 Å². The van der Waals surface area contributed by atoms with Crippen LogP contribution >= 0.6 is 0 Å². The summed E-state index contributed by atoms with van der Waals surface area (Å²) in [6.45, 7) is 15.1. The maximum Gasteiger partial charge on any atom is 0.312 e. The highest BCUT2D eigenvalue weighted by atomic mass is 16.7. The average molecular weight is 823 g/mol. The van der Waals surface area contributed by atoms with Gasteiger partial charge in [-0.1, -0.05) is 45.9 Å². The Labute approximate surface area is 344 Å². The number of anilines is 1. The molecule has 0 aromatic heterocycles. The fourth-order valence-corrected chi connectivity index (χ4v) is 7.92. The van der Waals surface area contributed by atoms with Gasteiger partial charge in [-0.15, -0.1) is 0 Å². The number of nitrogens with one attached hydrogen (secondary N) is 1. The van der Waals surface area contributed by atoms with Crippen LogP contribution in [-0.4, -0.2) is 130 Å². The zero-order valence-corrected chi connectivity index (χ0v) is 35.3. The second-order valence-electron chi connectivity index (χ2n) is 16.1. The number of rotatable bonds is 4. The van der Waals surface area contributed by atoms with Crippen LogP contribution in [0.5, 0.6) is 23.0 Å². The standard InChI is InChI=1S/C43H58N4O12/c1-21-12-11-13-22(2)42(55)45-33-28(20-44-47-17-15-46(9)16-18-47)37(52)30-31(38(33)53)36(51)26(6)40-32(30)41(54)43(8,59-40)57-19-14-29(56-10)23(3)39(58-27(7)48)25(5)35(50)24(4)34(21)49/h11-14,19-21,23-25,29,34-35,39,49-53H,15-18H2,1-10H3,(H,45,55)/b12-11-,19-14-,22-13-,44-20?/t21-,23+,24-,25-,29+,34-,35-,39-,43-/m0/s1. The number of Topliss-reactive ketones (excluding diaryl/α,β-unsaturated/α-hetero) is 1. The molecule has 2 aromatic rings. The van der Waals surface area contributed by atoms with Gasteiger partial charge in [-0.05, 0) is 27.0 Å². The summed E-state index contributed by atoms with van der Waals surface area (Å²) in [5, 5.41) is 66.8. The molecular formula is C43H58N4O12. The summed E-state index contributed by atoms with van der Waals surface area (Å²) in [6.07, 6.45) is 4.86. The Kier molecular flexibility index (Phi) is 13.7. The molecule has 2 aromatic carbocycles. The van der Waals surface area contributed by atoms with Crippen LogP contribution in [0.1, 0.15) is 70.0 Å². The fraction of sp³-hybridized carbons (Fsp3) is 0.535. The van der Waals surface area contributed by atoms with E-state index >= 15 is 0 Å². The number of piperazine rings is 1. The molecule has 0 spiro atoms. The summed E-state index contributed by atoms with van der Waals surface area (Å²) < 4.78 is 23.6. The van der Waals surface area contributed by atoms with Crippen molar-refractivity contribution in [3.63, 3.8) is 0 Å². The topological polar surface area (TPSA) is 220 Å². The number of ketones is 1. The predicted molar refractivity (Wildman–Crippen MR) is 220 cm³/mol. The molecule has 4 aliphatic heterocycles. The summed E-state index contributed by atoms with van der Waals surface area (Å²) in [4.78, 5) is 42.6. The van der Waals surface area contributed by atoms with E-state index in [9.17, 15) is 39.9 Å². The highest BCUT2D eigenvalue weighted by Crippen LogP contribution is 2.55. The maximum absolute atomic E-state index is 14.4. The van der Waals surface area contributed by atoms with Gasteiger partial charge in [0.15, 0.2) is 5.75 Å². The van der Waals surface area contributed by atoms with E-state index in [0.717, 1.165) is 13.1 Å². The zero-order valence-electron chi connectivity index (χ0n) is 35.3. The molecular weight excluding hydrogens is 764 g/mol. The van der Waals surface area contributed by atoms with Gasteiger partial charge in [0.2, 0.25) is 0 Å². The summed E-state index contributed by atoms with van der Waals surface area (Å²) in [5.41, 5.74) is -0.350. The van der Waals surface area contributed by atoms with Crippen molar-refractivity contribution in [2.45, 2.75) is 85.6 Å². The van der Waals surface area contributed by atoms with E-state index in [0.29, 0.717) is 13.1 Å². The third kappa shape index (κ3) is 8.91. The molecule has 0 unspecified atom stereocenters. The molecule has 5 bridgehead atoms. The van der Waals surface area contributed by atoms with Crippen LogP contribution in [0.15, 0.2) is 41.2 Å². The number of hydrazone groups is 1. The van der Waals surface area contributed by atoms with E-state index in [1.54, 1.807) is 44.9 Å². The summed E-state index contributed by atoms with van der Waals surface area (Å²) in [5.74, 6) is -8.34. The lowest BCUT2D eigenvalue weighted by Crippen LogP contribution is -2.46. The van der Waals surface area contributed by atoms with Crippen molar-refractivity contribution in [3.8, 4) is 23.0 Å². The number of hydrogen-bond acceptors (Lipinski definition) is 15. The van der Waals surface area contributed by atoms with E-state index in [1.807, 2.05) is 7.05 Å². The van der Waals surface area contributed by atoms with Crippen LogP contribution in [0.4, 0.5) is 5.69 Å². The SMILES string of the molecule is CO[C@@H]1/C=C\O[C@@]2(C)Oc3c(C)c(O)c4c(O)c(c(C=NN5CCN(C)CC5)c(O)c4c3C2=O)NC(=O)/C(C)=C\C=C/[C@H](C)[C@H](O)[C@H](C)[C@H](O)[C@H](C)[C@@H](OC(C)=O)[C@@H]1C. The number of ether oxygens (including phenoxy) is 4. The van der Waals surface area contributed by atoms with Gasteiger partial charge in [0.25, 0.3) is 11.7 Å². The van der Waals surface area contributed by atoms with Crippen molar-refractivity contribution in [1.82, 2.24) is 9.91 Å². The lowest BCUT2D eigenvalue weighted by Gasteiger charge is -2.38. The van der Waals surface area contributed by atoms with Gasteiger partial charge in [-0.3, -0.25) is 19.4 Å². The molecule has 1 fully saturated rings. The molecule has 16 heteroatoms. The number of allylic oxidation sites excluding steroid dienone is 2. The third-order valence-electron chi connectivity index (χ3n) is 11.9. The Bertz CT molecular complexity index is 2070. The number of likely N-dealkylation sites (N-methyl/N-ethyl adjacent to an activating group) is 1. The fourth-order valence-electron chi connectivity index (χ4n) is 7.92. The van der Waals surface area contributed by atoms with Gasteiger partial charge in [0, 0.05) is 87.3 Å². The number of phenols is 3. The molecule has 9 atom stereocenters. The number of hydrogen-bond donors (Lipinski definition) is 6. The Morgan fingerprint density at radius 1 is 0.949 bits per heavy atom. The number of carbonyl (C=O) groups excluding carboxylic acids is 3. The first-order valence-electron chi connectivity index (χ1n) is 19.8.